The molecule has 0 fully saturated rings. The van der Waals surface area contributed by atoms with Crippen molar-refractivity contribution in [3.8, 4) is 0 Å². The molecule has 0 saturated heterocycles. The summed E-state index contributed by atoms with van der Waals surface area (Å²) in [6, 6.07) is 7.13. The Bertz CT molecular complexity index is 480. The van der Waals surface area contributed by atoms with E-state index in [0.29, 0.717) is 13.2 Å². The lowest BCUT2D eigenvalue weighted by Gasteiger charge is -2.17. The van der Waals surface area contributed by atoms with Crippen molar-refractivity contribution in [2.75, 3.05) is 13.7 Å². The van der Waals surface area contributed by atoms with E-state index in [2.05, 4.69) is 4.72 Å². The summed E-state index contributed by atoms with van der Waals surface area (Å²) in [5.41, 5.74) is 7.26. The van der Waals surface area contributed by atoms with Crippen LogP contribution in [0.3, 0.4) is 0 Å². The molecule has 0 spiro atoms. The molecule has 6 heteroatoms. The highest BCUT2D eigenvalue weighted by Gasteiger charge is 2.17. The summed E-state index contributed by atoms with van der Waals surface area (Å²) in [6.45, 7) is 2.86. The van der Waals surface area contributed by atoms with Crippen LogP contribution in [0.4, 0.5) is 0 Å². The quantitative estimate of drug-likeness (QED) is 0.722. The number of ether oxygens (including phenoxy) is 1. The van der Waals surface area contributed by atoms with E-state index in [0.717, 1.165) is 24.0 Å². The predicted octanol–water partition coefficient (Wildman–Crippen LogP) is 1.38. The number of methoxy groups -OCH3 is 1. The molecule has 3 N–H and O–H groups in total. The van der Waals surface area contributed by atoms with Gasteiger partial charge in [0.2, 0.25) is 10.0 Å². The first-order chi connectivity index (χ1) is 9.50. The molecule has 0 aliphatic carbocycles. The molecular weight excluding hydrogens is 276 g/mol. The third-order valence-corrected chi connectivity index (χ3v) is 4.37. The normalized spacial score (nSPS) is 13.3. The van der Waals surface area contributed by atoms with Crippen molar-refractivity contribution < 1.29 is 13.2 Å². The van der Waals surface area contributed by atoms with Crippen LogP contribution >= 0.6 is 0 Å². The number of nitrogens with one attached hydrogen (secondary N) is 1. The van der Waals surface area contributed by atoms with E-state index in [1.54, 1.807) is 19.2 Å². The molecule has 114 valence electrons. The molecule has 1 aromatic carbocycles. The number of sulfonamides is 1. The van der Waals surface area contributed by atoms with Gasteiger partial charge in [0.05, 0.1) is 12.4 Å². The minimum Gasteiger partial charge on any atom is -0.383 e. The van der Waals surface area contributed by atoms with E-state index >= 15 is 0 Å². The van der Waals surface area contributed by atoms with Crippen molar-refractivity contribution in [1.29, 1.82) is 0 Å². The molecule has 0 saturated carbocycles. The zero-order valence-corrected chi connectivity index (χ0v) is 12.9. The number of benzene rings is 1. The molecule has 0 aliphatic rings. The maximum absolute atomic E-state index is 12.1. The van der Waals surface area contributed by atoms with Gasteiger partial charge in [-0.05, 0) is 17.5 Å². The van der Waals surface area contributed by atoms with Crippen molar-refractivity contribution >= 4 is 10.0 Å². The summed E-state index contributed by atoms with van der Waals surface area (Å²) < 4.78 is 32.0. The highest BCUT2D eigenvalue weighted by molar-refractivity contribution is 7.88. The van der Waals surface area contributed by atoms with Gasteiger partial charge < -0.3 is 10.5 Å². The zero-order valence-electron chi connectivity index (χ0n) is 12.1. The van der Waals surface area contributed by atoms with Gasteiger partial charge in [-0.1, -0.05) is 37.6 Å². The van der Waals surface area contributed by atoms with Crippen LogP contribution < -0.4 is 10.5 Å². The summed E-state index contributed by atoms with van der Waals surface area (Å²) >= 11 is 0. The number of nitrogens with two attached hydrogens (primary N) is 1. The summed E-state index contributed by atoms with van der Waals surface area (Å²) in [5, 5.41) is 0. The summed E-state index contributed by atoms with van der Waals surface area (Å²) in [5.74, 6) is -0.0260. The molecule has 20 heavy (non-hydrogen) atoms. The molecule has 0 bridgehead atoms. The Kier molecular flexibility index (Phi) is 7.15. The first-order valence-corrected chi connectivity index (χ1v) is 8.42. The molecule has 0 amide bonds. The Hall–Kier alpha value is -0.950. The number of hydrogen-bond donors (Lipinski definition) is 2. The standard InChI is InChI=1S/C14H24N2O3S/c1-3-4-14(10-19-2)16-20(17,18)11-13-7-5-12(9-15)6-8-13/h5-8,14,16H,3-4,9-11,15H2,1-2H3. The number of hydrogen-bond acceptors (Lipinski definition) is 4. The van der Waals surface area contributed by atoms with Crippen molar-refractivity contribution in [2.24, 2.45) is 5.73 Å². The SMILES string of the molecule is CCCC(COC)NS(=O)(=O)Cc1ccc(CN)cc1. The lowest BCUT2D eigenvalue weighted by Crippen LogP contribution is -2.38. The second-order valence-corrected chi connectivity index (χ2v) is 6.59. The lowest BCUT2D eigenvalue weighted by molar-refractivity contribution is 0.171. The van der Waals surface area contributed by atoms with Crippen molar-refractivity contribution in [3.63, 3.8) is 0 Å². The Balaban J connectivity index is 2.67. The Morgan fingerprint density at radius 2 is 1.85 bits per heavy atom. The van der Waals surface area contributed by atoms with Gasteiger partial charge in [-0.25, -0.2) is 13.1 Å². The van der Waals surface area contributed by atoms with Gasteiger partial charge in [0.15, 0.2) is 0 Å². The first-order valence-electron chi connectivity index (χ1n) is 6.77. The largest absolute Gasteiger partial charge is 0.383 e. The first kappa shape index (κ1) is 17.1. The molecule has 5 nitrogen and oxygen atoms in total. The van der Waals surface area contributed by atoms with Crippen molar-refractivity contribution in [1.82, 2.24) is 4.72 Å². The molecule has 1 aromatic rings. The van der Waals surface area contributed by atoms with Crippen LogP contribution in [0, 0.1) is 0 Å². The third kappa shape index (κ3) is 6.00. The highest BCUT2D eigenvalue weighted by Crippen LogP contribution is 2.09. The van der Waals surface area contributed by atoms with Gasteiger partial charge in [-0.15, -0.1) is 0 Å². The minimum absolute atomic E-state index is 0.0260. The fourth-order valence-corrected chi connectivity index (χ4v) is 3.42. The van der Waals surface area contributed by atoms with Crippen LogP contribution in [-0.2, 0) is 27.1 Å². The fourth-order valence-electron chi connectivity index (χ4n) is 2.01. The summed E-state index contributed by atoms with van der Waals surface area (Å²) in [7, 11) is -1.79. The van der Waals surface area contributed by atoms with Crippen LogP contribution in [0.25, 0.3) is 0 Å². The third-order valence-electron chi connectivity index (χ3n) is 2.97. The van der Waals surface area contributed by atoms with Crippen molar-refractivity contribution in [3.05, 3.63) is 35.4 Å². The van der Waals surface area contributed by atoms with Gasteiger partial charge in [0.25, 0.3) is 0 Å². The molecule has 0 aliphatic heterocycles. The molecule has 0 heterocycles. The van der Waals surface area contributed by atoms with E-state index < -0.39 is 10.0 Å². The highest BCUT2D eigenvalue weighted by atomic mass is 32.2. The summed E-state index contributed by atoms with van der Waals surface area (Å²) in [6.07, 6.45) is 1.67. The molecule has 1 unspecified atom stereocenters. The molecular formula is C14H24N2O3S. The number of rotatable bonds is 9. The topological polar surface area (TPSA) is 81.4 Å². The van der Waals surface area contributed by atoms with Crippen LogP contribution in [-0.4, -0.2) is 28.2 Å². The molecule has 0 aromatic heterocycles. The molecule has 1 rings (SSSR count). The average Bonchev–Trinajstić information content (AvgIpc) is 2.39. The smallest absolute Gasteiger partial charge is 0.216 e. The van der Waals surface area contributed by atoms with Crippen molar-refractivity contribution in [2.45, 2.75) is 38.1 Å². The zero-order chi connectivity index (χ0) is 15.0. The van der Waals surface area contributed by atoms with E-state index in [4.69, 9.17) is 10.5 Å². The van der Waals surface area contributed by atoms with E-state index in [1.165, 1.54) is 0 Å². The molecule has 1 atom stereocenters. The van der Waals surface area contributed by atoms with Crippen LogP contribution in [0.1, 0.15) is 30.9 Å². The van der Waals surface area contributed by atoms with E-state index in [9.17, 15) is 8.42 Å². The van der Waals surface area contributed by atoms with Gasteiger partial charge >= 0.3 is 0 Å². The van der Waals surface area contributed by atoms with Crippen LogP contribution in [0.2, 0.25) is 0 Å². The van der Waals surface area contributed by atoms with Crippen LogP contribution in [0.15, 0.2) is 24.3 Å². The maximum Gasteiger partial charge on any atom is 0.216 e. The Labute approximate surface area is 121 Å². The van der Waals surface area contributed by atoms with Gasteiger partial charge in [0.1, 0.15) is 0 Å². The van der Waals surface area contributed by atoms with E-state index in [-0.39, 0.29) is 11.8 Å². The second-order valence-electron chi connectivity index (χ2n) is 4.84. The average molecular weight is 300 g/mol. The van der Waals surface area contributed by atoms with Crippen LogP contribution in [0.5, 0.6) is 0 Å². The van der Waals surface area contributed by atoms with Gasteiger partial charge in [-0.3, -0.25) is 0 Å². The maximum atomic E-state index is 12.1. The summed E-state index contributed by atoms with van der Waals surface area (Å²) in [4.78, 5) is 0. The lowest BCUT2D eigenvalue weighted by atomic mass is 10.1. The molecule has 0 radical (unpaired) electrons. The fraction of sp³-hybridized carbons (Fsp3) is 0.571. The minimum atomic E-state index is -3.36. The second kappa shape index (κ2) is 8.36. The van der Waals surface area contributed by atoms with E-state index in [1.807, 2.05) is 19.1 Å². The monoisotopic (exact) mass is 300 g/mol. The van der Waals surface area contributed by atoms with Gasteiger partial charge in [0, 0.05) is 19.7 Å². The Morgan fingerprint density at radius 3 is 2.35 bits per heavy atom. The Morgan fingerprint density at radius 1 is 1.25 bits per heavy atom. The predicted molar refractivity (Wildman–Crippen MR) is 80.7 cm³/mol. The van der Waals surface area contributed by atoms with Gasteiger partial charge in [-0.2, -0.15) is 0 Å².